The number of halogens is 1. The zero-order valence-corrected chi connectivity index (χ0v) is 12.3. The number of ether oxygens (including phenoxy) is 2. The molecule has 1 unspecified atom stereocenters. The van der Waals surface area contributed by atoms with Gasteiger partial charge < -0.3 is 14.8 Å². The van der Waals surface area contributed by atoms with Crippen LogP contribution in [0, 0.1) is 11.7 Å². The summed E-state index contributed by atoms with van der Waals surface area (Å²) in [7, 11) is 0. The van der Waals surface area contributed by atoms with Crippen molar-refractivity contribution in [3.63, 3.8) is 0 Å². The molecule has 7 heteroatoms. The smallest absolute Gasteiger partial charge is 0.316 e. The first-order valence-corrected chi connectivity index (χ1v) is 7.73. The molecule has 1 N–H and O–H groups in total. The van der Waals surface area contributed by atoms with Crippen LogP contribution >= 0.6 is 0 Å². The lowest BCUT2D eigenvalue weighted by molar-refractivity contribution is -0.126. The molecule has 2 heterocycles. The van der Waals surface area contributed by atoms with E-state index in [2.05, 4.69) is 15.3 Å². The molecule has 3 rings (SSSR count). The number of aromatic nitrogens is 2. The zero-order chi connectivity index (χ0) is 15.4. The summed E-state index contributed by atoms with van der Waals surface area (Å²) in [6, 6.07) is 0.402. The molecule has 1 aliphatic carbocycles. The van der Waals surface area contributed by atoms with Gasteiger partial charge in [0.15, 0.2) is 5.82 Å². The minimum atomic E-state index is -0.477. The largest absolute Gasteiger partial charge is 0.460 e. The lowest BCUT2D eigenvalue weighted by atomic mass is 9.92. The molecule has 1 atom stereocenters. The van der Waals surface area contributed by atoms with E-state index in [0.717, 1.165) is 44.5 Å². The summed E-state index contributed by atoms with van der Waals surface area (Å²) in [5, 5.41) is 3.10. The van der Waals surface area contributed by atoms with Gasteiger partial charge in [0.05, 0.1) is 24.9 Å². The normalized spacial score (nSPS) is 28.3. The summed E-state index contributed by atoms with van der Waals surface area (Å²) in [5.74, 6) is -0.375. The molecule has 0 bridgehead atoms. The van der Waals surface area contributed by atoms with Crippen molar-refractivity contribution in [2.24, 2.45) is 5.92 Å². The average molecular weight is 309 g/mol. The maximum Gasteiger partial charge on any atom is 0.316 e. The molecular formula is C15H20FN3O3. The SMILES string of the molecule is O=C(NC1CCC(Oc2ncc(F)cn2)CC1)C1CCOC1. The van der Waals surface area contributed by atoms with Crippen molar-refractivity contribution in [2.45, 2.75) is 44.2 Å². The molecule has 0 spiro atoms. The topological polar surface area (TPSA) is 73.3 Å². The Hall–Kier alpha value is -1.76. The lowest BCUT2D eigenvalue weighted by Gasteiger charge is -2.29. The number of hydrogen-bond acceptors (Lipinski definition) is 5. The Morgan fingerprint density at radius 3 is 2.59 bits per heavy atom. The lowest BCUT2D eigenvalue weighted by Crippen LogP contribution is -2.42. The van der Waals surface area contributed by atoms with Crippen LogP contribution in [0.2, 0.25) is 0 Å². The Morgan fingerprint density at radius 1 is 1.23 bits per heavy atom. The molecule has 1 amide bonds. The number of carbonyl (C=O) groups is 1. The van der Waals surface area contributed by atoms with E-state index in [-0.39, 0.29) is 30.0 Å². The first kappa shape index (κ1) is 15.1. The van der Waals surface area contributed by atoms with Crippen LogP contribution in [0.1, 0.15) is 32.1 Å². The summed E-state index contributed by atoms with van der Waals surface area (Å²) < 4.78 is 23.6. The predicted octanol–water partition coefficient (Wildman–Crippen LogP) is 1.46. The standard InChI is InChI=1S/C15H20FN3O3/c16-11-7-17-15(18-8-11)22-13-3-1-12(2-4-13)19-14(20)10-5-6-21-9-10/h7-8,10,12-13H,1-6,9H2,(H,19,20). The Labute approximate surface area is 128 Å². The number of amides is 1. The first-order chi connectivity index (χ1) is 10.7. The second-order valence-electron chi connectivity index (χ2n) is 5.84. The van der Waals surface area contributed by atoms with Crippen LogP contribution in [-0.2, 0) is 9.53 Å². The maximum absolute atomic E-state index is 12.7. The van der Waals surface area contributed by atoms with Crippen LogP contribution in [0.25, 0.3) is 0 Å². The second kappa shape index (κ2) is 7.00. The van der Waals surface area contributed by atoms with Crippen molar-refractivity contribution in [3.05, 3.63) is 18.2 Å². The summed E-state index contributed by atoms with van der Waals surface area (Å²) in [5.41, 5.74) is 0. The van der Waals surface area contributed by atoms with Crippen molar-refractivity contribution < 1.29 is 18.7 Å². The second-order valence-corrected chi connectivity index (χ2v) is 5.84. The van der Waals surface area contributed by atoms with Gasteiger partial charge in [-0.1, -0.05) is 0 Å². The van der Waals surface area contributed by atoms with Crippen LogP contribution in [0.15, 0.2) is 12.4 Å². The Kier molecular flexibility index (Phi) is 4.82. The molecule has 0 aromatic carbocycles. The van der Waals surface area contributed by atoms with Gasteiger partial charge in [0.2, 0.25) is 5.91 Å². The molecule has 2 aliphatic rings. The van der Waals surface area contributed by atoms with Crippen LogP contribution < -0.4 is 10.1 Å². The molecule has 0 radical (unpaired) electrons. The summed E-state index contributed by atoms with van der Waals surface area (Å²) in [4.78, 5) is 19.6. The highest BCUT2D eigenvalue weighted by molar-refractivity contribution is 5.79. The highest BCUT2D eigenvalue weighted by Crippen LogP contribution is 2.23. The van der Waals surface area contributed by atoms with Crippen molar-refractivity contribution in [3.8, 4) is 6.01 Å². The molecule has 1 aromatic heterocycles. The number of hydrogen-bond donors (Lipinski definition) is 1. The molecule has 1 aromatic rings. The Morgan fingerprint density at radius 2 is 1.95 bits per heavy atom. The zero-order valence-electron chi connectivity index (χ0n) is 12.3. The van der Waals surface area contributed by atoms with Gasteiger partial charge in [-0.2, -0.15) is 0 Å². The molecule has 1 saturated carbocycles. The van der Waals surface area contributed by atoms with E-state index in [0.29, 0.717) is 13.2 Å². The number of carbonyl (C=O) groups excluding carboxylic acids is 1. The van der Waals surface area contributed by atoms with Gasteiger partial charge in [-0.25, -0.2) is 14.4 Å². The number of nitrogens with one attached hydrogen (secondary N) is 1. The third-order valence-electron chi connectivity index (χ3n) is 4.19. The molecule has 6 nitrogen and oxygen atoms in total. The fourth-order valence-electron chi connectivity index (χ4n) is 2.90. The summed E-state index contributed by atoms with van der Waals surface area (Å²) in [6.07, 6.45) is 6.41. The third-order valence-corrected chi connectivity index (χ3v) is 4.19. The van der Waals surface area contributed by atoms with Gasteiger partial charge in [0, 0.05) is 12.6 Å². The monoisotopic (exact) mass is 309 g/mol. The fraction of sp³-hybridized carbons (Fsp3) is 0.667. The van der Waals surface area contributed by atoms with E-state index in [1.807, 2.05) is 0 Å². The molecule has 120 valence electrons. The predicted molar refractivity (Wildman–Crippen MR) is 75.7 cm³/mol. The highest BCUT2D eigenvalue weighted by atomic mass is 19.1. The van der Waals surface area contributed by atoms with Gasteiger partial charge in [-0.3, -0.25) is 4.79 Å². The van der Waals surface area contributed by atoms with Gasteiger partial charge in [0.25, 0.3) is 0 Å². The van der Waals surface area contributed by atoms with E-state index < -0.39 is 5.82 Å². The quantitative estimate of drug-likeness (QED) is 0.911. The van der Waals surface area contributed by atoms with E-state index in [1.54, 1.807) is 0 Å². The average Bonchev–Trinajstić information content (AvgIpc) is 3.06. The molecule has 1 saturated heterocycles. The highest BCUT2D eigenvalue weighted by Gasteiger charge is 2.28. The van der Waals surface area contributed by atoms with Crippen molar-refractivity contribution in [2.75, 3.05) is 13.2 Å². The molecule has 2 fully saturated rings. The minimum Gasteiger partial charge on any atom is -0.460 e. The van der Waals surface area contributed by atoms with E-state index in [9.17, 15) is 9.18 Å². The third kappa shape index (κ3) is 3.91. The van der Waals surface area contributed by atoms with E-state index >= 15 is 0 Å². The first-order valence-electron chi connectivity index (χ1n) is 7.73. The van der Waals surface area contributed by atoms with Gasteiger partial charge in [-0.15, -0.1) is 0 Å². The Bertz CT molecular complexity index is 497. The van der Waals surface area contributed by atoms with Crippen molar-refractivity contribution >= 4 is 5.91 Å². The van der Waals surface area contributed by atoms with Gasteiger partial charge >= 0.3 is 6.01 Å². The maximum atomic E-state index is 12.7. The molecule has 22 heavy (non-hydrogen) atoms. The van der Waals surface area contributed by atoms with E-state index in [4.69, 9.17) is 9.47 Å². The summed E-state index contributed by atoms with van der Waals surface area (Å²) >= 11 is 0. The molecule has 1 aliphatic heterocycles. The van der Waals surface area contributed by atoms with Crippen molar-refractivity contribution in [1.29, 1.82) is 0 Å². The minimum absolute atomic E-state index is 0.00147. The fourth-order valence-corrected chi connectivity index (χ4v) is 2.90. The summed E-state index contributed by atoms with van der Waals surface area (Å²) in [6.45, 7) is 1.21. The molecular weight excluding hydrogens is 289 g/mol. The Balaban J connectivity index is 1.42. The van der Waals surface area contributed by atoms with Crippen LogP contribution in [0.3, 0.4) is 0 Å². The number of nitrogens with zero attached hydrogens (tertiary/aromatic N) is 2. The van der Waals surface area contributed by atoms with Crippen LogP contribution in [-0.4, -0.2) is 41.2 Å². The van der Waals surface area contributed by atoms with Gasteiger partial charge in [-0.05, 0) is 32.1 Å². The van der Waals surface area contributed by atoms with Crippen LogP contribution in [0.4, 0.5) is 4.39 Å². The van der Waals surface area contributed by atoms with Gasteiger partial charge in [0.1, 0.15) is 6.10 Å². The number of rotatable bonds is 4. The van der Waals surface area contributed by atoms with Crippen molar-refractivity contribution in [1.82, 2.24) is 15.3 Å². The van der Waals surface area contributed by atoms with E-state index in [1.165, 1.54) is 0 Å². The van der Waals surface area contributed by atoms with Crippen LogP contribution in [0.5, 0.6) is 6.01 Å².